The van der Waals surface area contributed by atoms with Gasteiger partial charge in [0.05, 0.1) is 6.10 Å². The first-order valence-electron chi connectivity index (χ1n) is 4.79. The molecule has 0 amide bonds. The molecule has 6 heteroatoms. The van der Waals surface area contributed by atoms with Crippen molar-refractivity contribution in [3.8, 4) is 0 Å². The Morgan fingerprint density at radius 1 is 1.56 bits per heavy atom. The minimum atomic E-state index is -2.10. The van der Waals surface area contributed by atoms with Crippen LogP contribution in [0.2, 0.25) is 0 Å². The van der Waals surface area contributed by atoms with Gasteiger partial charge < -0.3 is 20.4 Å². The molecule has 0 radical (unpaired) electrons. The zero-order chi connectivity index (χ0) is 12.1. The summed E-state index contributed by atoms with van der Waals surface area (Å²) in [5, 5.41) is 38.3. The quantitative estimate of drug-likeness (QED) is 0.563. The Kier molecular flexibility index (Phi) is 2.54. The molecule has 0 unspecified atom stereocenters. The van der Waals surface area contributed by atoms with Crippen molar-refractivity contribution in [2.75, 3.05) is 0 Å². The molecule has 16 heavy (non-hydrogen) atoms. The molecule has 0 saturated heterocycles. The summed E-state index contributed by atoms with van der Waals surface area (Å²) >= 11 is 1.19. The van der Waals surface area contributed by atoms with Gasteiger partial charge in [-0.1, -0.05) is 0 Å². The van der Waals surface area contributed by atoms with Crippen molar-refractivity contribution in [3.05, 3.63) is 21.4 Å². The van der Waals surface area contributed by atoms with E-state index in [1.165, 1.54) is 11.3 Å². The number of carbonyl (C=O) groups is 1. The molecular formula is C10H12O5S. The van der Waals surface area contributed by atoms with Gasteiger partial charge in [-0.05, 0) is 13.0 Å². The van der Waals surface area contributed by atoms with Crippen LogP contribution in [0.5, 0.6) is 0 Å². The molecule has 0 saturated carbocycles. The molecule has 88 valence electrons. The van der Waals surface area contributed by atoms with Crippen molar-refractivity contribution in [1.82, 2.24) is 0 Å². The fourth-order valence-corrected chi connectivity index (χ4v) is 3.12. The van der Waals surface area contributed by atoms with E-state index >= 15 is 0 Å². The van der Waals surface area contributed by atoms with Crippen molar-refractivity contribution >= 4 is 17.3 Å². The maximum atomic E-state index is 11.1. The lowest BCUT2D eigenvalue weighted by atomic mass is 9.80. The van der Waals surface area contributed by atoms with Crippen LogP contribution in [-0.2, 0) is 10.4 Å². The molecule has 1 aromatic rings. The van der Waals surface area contributed by atoms with Crippen molar-refractivity contribution in [1.29, 1.82) is 0 Å². The molecule has 1 aromatic heterocycles. The summed E-state index contributed by atoms with van der Waals surface area (Å²) in [5.41, 5.74) is -1.90. The van der Waals surface area contributed by atoms with Crippen LogP contribution in [0.4, 0.5) is 0 Å². The fraction of sp³-hybridized carbons (Fsp3) is 0.500. The third-order valence-electron chi connectivity index (χ3n) is 2.82. The van der Waals surface area contributed by atoms with Crippen molar-refractivity contribution in [2.24, 2.45) is 0 Å². The number of aryl methyl sites for hydroxylation is 1. The Balaban J connectivity index is 2.61. The molecule has 1 aliphatic rings. The standard InChI is InChI=1S/C10H12O5S/c1-4-2-5-8(16-4)7(12)6(11)3-10(5,15)9(13)14/h2,6-7,11-12,15H,3H2,1H3,(H,13,14)/t6-,7+,10-/m1/s1. The van der Waals surface area contributed by atoms with Crippen LogP contribution in [0, 0.1) is 6.92 Å². The van der Waals surface area contributed by atoms with Gasteiger partial charge >= 0.3 is 5.97 Å². The number of fused-ring (bicyclic) bond motifs is 1. The SMILES string of the molecule is Cc1cc2c(s1)[C@@H](O)[C@H](O)C[C@]2(O)C(=O)O. The maximum Gasteiger partial charge on any atom is 0.340 e. The number of thiophene rings is 1. The third kappa shape index (κ3) is 1.46. The van der Waals surface area contributed by atoms with Gasteiger partial charge in [0.15, 0.2) is 5.60 Å². The topological polar surface area (TPSA) is 98.0 Å². The monoisotopic (exact) mass is 244 g/mol. The van der Waals surface area contributed by atoms with E-state index in [-0.39, 0.29) is 5.56 Å². The maximum absolute atomic E-state index is 11.1. The summed E-state index contributed by atoms with van der Waals surface area (Å²) in [6, 6.07) is 1.54. The molecule has 0 bridgehead atoms. The molecule has 0 aliphatic heterocycles. The fourth-order valence-electron chi connectivity index (χ4n) is 1.98. The van der Waals surface area contributed by atoms with Crippen molar-refractivity contribution in [2.45, 2.75) is 31.2 Å². The van der Waals surface area contributed by atoms with Gasteiger partial charge in [0.1, 0.15) is 6.10 Å². The van der Waals surface area contributed by atoms with Crippen molar-refractivity contribution in [3.63, 3.8) is 0 Å². The predicted octanol–water partition coefficient (Wildman–Crippen LogP) is 0.127. The van der Waals surface area contributed by atoms with Gasteiger partial charge in [-0.2, -0.15) is 0 Å². The van der Waals surface area contributed by atoms with Crippen molar-refractivity contribution < 1.29 is 25.2 Å². The average Bonchev–Trinajstić information content (AvgIpc) is 2.57. The summed E-state index contributed by atoms with van der Waals surface area (Å²) in [5.74, 6) is -1.41. The lowest BCUT2D eigenvalue weighted by molar-refractivity contribution is -0.168. The van der Waals surface area contributed by atoms with E-state index in [0.717, 1.165) is 4.88 Å². The molecule has 3 atom stereocenters. The van der Waals surface area contributed by atoms with Crippen LogP contribution < -0.4 is 0 Å². The highest BCUT2D eigenvalue weighted by Gasteiger charge is 2.49. The van der Waals surface area contributed by atoms with E-state index in [1.807, 2.05) is 0 Å². The van der Waals surface area contributed by atoms with Gasteiger partial charge in [0.25, 0.3) is 0 Å². The Bertz CT molecular complexity index is 440. The second kappa shape index (κ2) is 3.53. The summed E-state index contributed by atoms with van der Waals surface area (Å²) in [7, 11) is 0. The highest BCUT2D eigenvalue weighted by Crippen LogP contribution is 2.44. The summed E-state index contributed by atoms with van der Waals surface area (Å²) in [6.07, 6.45) is -2.77. The normalized spacial score (nSPS) is 33.5. The number of carboxylic acid groups (broad SMARTS) is 1. The smallest absolute Gasteiger partial charge is 0.340 e. The van der Waals surface area contributed by atoms with Gasteiger partial charge in [-0.25, -0.2) is 4.79 Å². The molecule has 0 fully saturated rings. The van der Waals surface area contributed by atoms with Gasteiger partial charge in [-0.15, -0.1) is 11.3 Å². The predicted molar refractivity (Wildman–Crippen MR) is 56.2 cm³/mol. The van der Waals surface area contributed by atoms with E-state index in [9.17, 15) is 20.1 Å². The third-order valence-corrected chi connectivity index (χ3v) is 3.94. The lowest BCUT2D eigenvalue weighted by Crippen LogP contribution is -2.44. The lowest BCUT2D eigenvalue weighted by Gasteiger charge is -2.34. The molecule has 1 heterocycles. The highest BCUT2D eigenvalue weighted by atomic mass is 32.1. The molecule has 0 spiro atoms. The average molecular weight is 244 g/mol. The molecule has 0 aromatic carbocycles. The van der Waals surface area contributed by atoms with Crippen LogP contribution in [0.3, 0.4) is 0 Å². The van der Waals surface area contributed by atoms with Crippen LogP contribution in [0.1, 0.15) is 27.8 Å². The van der Waals surface area contributed by atoms with E-state index < -0.39 is 30.2 Å². The van der Waals surface area contributed by atoms with Gasteiger partial charge in [-0.3, -0.25) is 0 Å². The second-order valence-corrected chi connectivity index (χ2v) is 5.30. The molecule has 5 nitrogen and oxygen atoms in total. The Labute approximate surface area is 95.6 Å². The number of hydrogen-bond acceptors (Lipinski definition) is 5. The first kappa shape index (κ1) is 11.5. The minimum absolute atomic E-state index is 0.195. The first-order chi connectivity index (χ1) is 7.36. The molecule has 1 aliphatic carbocycles. The van der Waals surface area contributed by atoms with Crippen LogP contribution in [-0.4, -0.2) is 32.5 Å². The Morgan fingerprint density at radius 2 is 2.19 bits per heavy atom. The van der Waals surface area contributed by atoms with Crippen LogP contribution >= 0.6 is 11.3 Å². The van der Waals surface area contributed by atoms with E-state index in [2.05, 4.69) is 0 Å². The first-order valence-corrected chi connectivity index (χ1v) is 5.60. The number of aliphatic hydroxyl groups is 3. The number of aliphatic carboxylic acids is 1. The van der Waals surface area contributed by atoms with E-state index in [0.29, 0.717) is 4.88 Å². The second-order valence-electron chi connectivity index (χ2n) is 4.02. The molecular weight excluding hydrogens is 232 g/mol. The largest absolute Gasteiger partial charge is 0.479 e. The van der Waals surface area contributed by atoms with Gasteiger partial charge in [0.2, 0.25) is 0 Å². The zero-order valence-electron chi connectivity index (χ0n) is 8.54. The summed E-state index contributed by atoms with van der Waals surface area (Å²) in [6.45, 7) is 1.75. The highest BCUT2D eigenvalue weighted by molar-refractivity contribution is 7.12. The molecule has 4 N–H and O–H groups in total. The summed E-state index contributed by atoms with van der Waals surface area (Å²) < 4.78 is 0. The Morgan fingerprint density at radius 3 is 2.75 bits per heavy atom. The Hall–Kier alpha value is -0.950. The van der Waals surface area contributed by atoms with E-state index in [4.69, 9.17) is 5.11 Å². The van der Waals surface area contributed by atoms with Crippen LogP contribution in [0.15, 0.2) is 6.07 Å². The number of aliphatic hydroxyl groups excluding tert-OH is 2. The minimum Gasteiger partial charge on any atom is -0.479 e. The van der Waals surface area contributed by atoms with Gasteiger partial charge in [0, 0.05) is 21.7 Å². The van der Waals surface area contributed by atoms with Crippen LogP contribution in [0.25, 0.3) is 0 Å². The zero-order valence-corrected chi connectivity index (χ0v) is 9.36. The number of rotatable bonds is 1. The summed E-state index contributed by atoms with van der Waals surface area (Å²) in [4.78, 5) is 12.2. The molecule has 2 rings (SSSR count). The number of carboxylic acids is 1. The number of hydrogen-bond donors (Lipinski definition) is 4. The van der Waals surface area contributed by atoms with E-state index in [1.54, 1.807) is 13.0 Å².